The molecule has 10 heteroatoms. The molecule has 0 saturated carbocycles. The number of aryl methyl sites for hydroxylation is 1. The highest BCUT2D eigenvalue weighted by Crippen LogP contribution is 2.30. The number of nitrogens with one attached hydrogen (secondary N) is 1. The molecule has 1 N–H and O–H groups in total. The second-order valence-electron chi connectivity index (χ2n) is 10.0. The number of sulfonamides is 1. The predicted octanol–water partition coefficient (Wildman–Crippen LogP) is 7.02. The number of amides is 1. The van der Waals surface area contributed by atoms with Crippen molar-refractivity contribution < 1.29 is 17.9 Å². The highest BCUT2D eigenvalue weighted by Gasteiger charge is 2.28. The highest BCUT2D eigenvalue weighted by atomic mass is 79.9. The van der Waals surface area contributed by atoms with Crippen molar-refractivity contribution in [2.24, 2.45) is 5.10 Å². The molecule has 5 rings (SSSR count). The van der Waals surface area contributed by atoms with Gasteiger partial charge in [0.05, 0.1) is 41.7 Å². The number of benzene rings is 4. The van der Waals surface area contributed by atoms with Crippen LogP contribution < -0.4 is 14.5 Å². The van der Waals surface area contributed by atoms with E-state index >= 15 is 0 Å². The predicted molar refractivity (Wildman–Crippen MR) is 177 cm³/mol. The van der Waals surface area contributed by atoms with Crippen LogP contribution in [0, 0.1) is 13.8 Å². The van der Waals surface area contributed by atoms with Gasteiger partial charge in [-0.25, -0.2) is 13.8 Å². The smallest absolute Gasteiger partial charge is 0.273 e. The fourth-order valence-corrected chi connectivity index (χ4v) is 6.88. The average Bonchev–Trinajstić information content (AvgIpc) is 3.32. The molecule has 0 radical (unpaired) electrons. The van der Waals surface area contributed by atoms with Crippen LogP contribution in [0.5, 0.6) is 5.75 Å². The van der Waals surface area contributed by atoms with E-state index in [-0.39, 0.29) is 22.7 Å². The maximum atomic E-state index is 14.0. The topological polar surface area (TPSA) is 93.0 Å². The second-order valence-corrected chi connectivity index (χ2v) is 12.7. The molecule has 1 amide bonds. The first-order chi connectivity index (χ1) is 21.2. The molecule has 0 fully saturated rings. The van der Waals surface area contributed by atoms with E-state index in [1.807, 2.05) is 74.5 Å². The van der Waals surface area contributed by atoms with E-state index in [0.717, 1.165) is 32.7 Å². The van der Waals surface area contributed by atoms with Crippen molar-refractivity contribution in [2.75, 3.05) is 11.4 Å². The number of halogens is 1. The standard InChI is InChI=1S/C34H31BrN4O4S/c1-24-21-27(25(2)39(24)33-16-10-8-14-31(33)35)22-36-37-34(40)30-13-7-9-15-32(30)38(23-26-11-5-4-6-12-26)44(41,42)29-19-17-28(43-3)18-20-29/h4-22H,23H2,1-3H3,(H,37,40)/b36-22-. The number of hydrogen-bond acceptors (Lipinski definition) is 5. The number of carbonyl (C=O) groups excluding carboxylic acids is 1. The van der Waals surface area contributed by atoms with Crippen molar-refractivity contribution in [3.63, 3.8) is 0 Å². The molecule has 0 saturated heterocycles. The lowest BCUT2D eigenvalue weighted by Crippen LogP contribution is -2.33. The quantitative estimate of drug-likeness (QED) is 0.128. The number of carbonyl (C=O) groups is 1. The Morgan fingerprint density at radius 3 is 2.30 bits per heavy atom. The molecular formula is C34H31BrN4O4S. The molecule has 0 unspecified atom stereocenters. The van der Waals surface area contributed by atoms with Crippen LogP contribution in [0.1, 0.15) is 32.9 Å². The molecule has 1 heterocycles. The summed E-state index contributed by atoms with van der Waals surface area (Å²) in [5, 5.41) is 4.24. The number of methoxy groups -OCH3 is 1. The van der Waals surface area contributed by atoms with Crippen LogP contribution in [-0.2, 0) is 16.6 Å². The number of para-hydroxylation sites is 2. The Morgan fingerprint density at radius 1 is 0.932 bits per heavy atom. The third-order valence-electron chi connectivity index (χ3n) is 7.17. The summed E-state index contributed by atoms with van der Waals surface area (Å²) in [7, 11) is -2.56. The van der Waals surface area contributed by atoms with E-state index in [1.54, 1.807) is 42.6 Å². The minimum atomic E-state index is -4.08. The van der Waals surface area contributed by atoms with E-state index in [0.29, 0.717) is 5.75 Å². The van der Waals surface area contributed by atoms with E-state index in [4.69, 9.17) is 4.74 Å². The third-order valence-corrected chi connectivity index (χ3v) is 9.61. The summed E-state index contributed by atoms with van der Waals surface area (Å²) in [6, 6.07) is 31.9. The maximum absolute atomic E-state index is 14.0. The number of hydrogen-bond donors (Lipinski definition) is 1. The number of ether oxygens (including phenoxy) is 1. The molecule has 224 valence electrons. The molecule has 0 spiro atoms. The zero-order valence-corrected chi connectivity index (χ0v) is 26.8. The summed E-state index contributed by atoms with van der Waals surface area (Å²) >= 11 is 3.62. The van der Waals surface area contributed by atoms with Crippen LogP contribution in [0.2, 0.25) is 0 Å². The Kier molecular flexibility index (Phi) is 9.32. The van der Waals surface area contributed by atoms with Crippen molar-refractivity contribution in [3.05, 3.63) is 142 Å². The molecular weight excluding hydrogens is 640 g/mol. The third kappa shape index (κ3) is 6.46. The summed E-state index contributed by atoms with van der Waals surface area (Å²) in [6.45, 7) is 4.00. The molecule has 0 aliphatic rings. The van der Waals surface area contributed by atoms with Crippen molar-refractivity contribution in [1.29, 1.82) is 0 Å². The zero-order chi connectivity index (χ0) is 31.3. The molecule has 0 bridgehead atoms. The van der Waals surface area contributed by atoms with Gasteiger partial charge in [0.2, 0.25) is 0 Å². The average molecular weight is 672 g/mol. The highest BCUT2D eigenvalue weighted by molar-refractivity contribution is 9.10. The van der Waals surface area contributed by atoms with Gasteiger partial charge in [-0.15, -0.1) is 0 Å². The fourth-order valence-electron chi connectivity index (χ4n) is 4.95. The summed E-state index contributed by atoms with van der Waals surface area (Å²) < 4.78 is 37.6. The summed E-state index contributed by atoms with van der Waals surface area (Å²) in [6.07, 6.45) is 1.59. The second kappa shape index (κ2) is 13.3. The summed E-state index contributed by atoms with van der Waals surface area (Å²) in [5.74, 6) is -0.00664. The minimum absolute atomic E-state index is 0.0177. The van der Waals surface area contributed by atoms with Gasteiger partial charge < -0.3 is 9.30 Å². The van der Waals surface area contributed by atoms with Gasteiger partial charge in [-0.3, -0.25) is 9.10 Å². The van der Waals surface area contributed by atoms with Gasteiger partial charge in [-0.05, 0) is 89.9 Å². The van der Waals surface area contributed by atoms with Gasteiger partial charge in [0.1, 0.15) is 5.75 Å². The fraction of sp³-hybridized carbons (Fsp3) is 0.118. The number of anilines is 1. The van der Waals surface area contributed by atoms with Gasteiger partial charge in [-0.2, -0.15) is 5.10 Å². The molecule has 1 aromatic heterocycles. The monoisotopic (exact) mass is 670 g/mol. The van der Waals surface area contributed by atoms with Crippen molar-refractivity contribution in [3.8, 4) is 11.4 Å². The SMILES string of the molecule is COc1ccc(S(=O)(=O)N(Cc2ccccc2)c2ccccc2C(=O)N/N=C\c2cc(C)n(-c3ccccc3Br)c2C)cc1. The van der Waals surface area contributed by atoms with E-state index in [1.165, 1.54) is 23.5 Å². The van der Waals surface area contributed by atoms with Gasteiger partial charge in [-0.1, -0.05) is 54.6 Å². The lowest BCUT2D eigenvalue weighted by Gasteiger charge is -2.26. The molecule has 0 aliphatic heterocycles. The van der Waals surface area contributed by atoms with E-state index < -0.39 is 15.9 Å². The Bertz CT molecular complexity index is 1920. The van der Waals surface area contributed by atoms with E-state index in [9.17, 15) is 13.2 Å². The normalized spacial score (nSPS) is 11.5. The first kappa shape index (κ1) is 30.8. The van der Waals surface area contributed by atoms with Crippen LogP contribution in [0.3, 0.4) is 0 Å². The molecule has 8 nitrogen and oxygen atoms in total. The Morgan fingerprint density at radius 2 is 1.59 bits per heavy atom. The van der Waals surface area contributed by atoms with Gasteiger partial charge in [0.25, 0.3) is 15.9 Å². The molecule has 0 aliphatic carbocycles. The Labute approximate surface area is 265 Å². The molecule has 0 atom stereocenters. The number of rotatable bonds is 10. The number of nitrogens with zero attached hydrogens (tertiary/aromatic N) is 3. The maximum Gasteiger partial charge on any atom is 0.273 e. The number of aromatic nitrogens is 1. The van der Waals surface area contributed by atoms with E-state index in [2.05, 4.69) is 31.0 Å². The van der Waals surface area contributed by atoms with Crippen LogP contribution in [0.4, 0.5) is 5.69 Å². The summed E-state index contributed by atoms with van der Waals surface area (Å²) in [4.78, 5) is 13.6. The minimum Gasteiger partial charge on any atom is -0.497 e. The van der Waals surface area contributed by atoms with Gasteiger partial charge in [0, 0.05) is 21.4 Å². The molecule has 5 aromatic rings. The lowest BCUT2D eigenvalue weighted by atomic mass is 10.1. The zero-order valence-electron chi connectivity index (χ0n) is 24.4. The summed E-state index contributed by atoms with van der Waals surface area (Å²) in [5.41, 5.74) is 7.54. The van der Waals surface area contributed by atoms with Crippen molar-refractivity contribution in [2.45, 2.75) is 25.3 Å². The van der Waals surface area contributed by atoms with Crippen LogP contribution in [0.25, 0.3) is 5.69 Å². The first-order valence-electron chi connectivity index (χ1n) is 13.8. The van der Waals surface area contributed by atoms with Crippen LogP contribution in [-0.4, -0.2) is 32.2 Å². The largest absolute Gasteiger partial charge is 0.497 e. The van der Waals surface area contributed by atoms with Crippen LogP contribution >= 0.6 is 15.9 Å². The van der Waals surface area contributed by atoms with Gasteiger partial charge >= 0.3 is 0 Å². The number of hydrazone groups is 1. The van der Waals surface area contributed by atoms with Crippen molar-refractivity contribution in [1.82, 2.24) is 9.99 Å². The lowest BCUT2D eigenvalue weighted by molar-refractivity contribution is 0.0955. The van der Waals surface area contributed by atoms with Crippen LogP contribution in [0.15, 0.2) is 124 Å². The van der Waals surface area contributed by atoms with Crippen molar-refractivity contribution >= 4 is 43.8 Å². The first-order valence-corrected chi connectivity index (χ1v) is 16.0. The molecule has 44 heavy (non-hydrogen) atoms. The Hall–Kier alpha value is -4.67. The Balaban J connectivity index is 1.46. The van der Waals surface area contributed by atoms with Gasteiger partial charge in [0.15, 0.2) is 0 Å². The molecule has 4 aromatic carbocycles.